The first-order valence-electron chi connectivity index (χ1n) is 11.9. The van der Waals surface area contributed by atoms with Crippen LogP contribution in [0.25, 0.3) is 0 Å². The van der Waals surface area contributed by atoms with Gasteiger partial charge in [0.25, 0.3) is 5.91 Å². The molecule has 0 atom stereocenters. The second-order valence-electron chi connectivity index (χ2n) is 8.48. The molecule has 0 unspecified atom stereocenters. The molecule has 1 fully saturated rings. The number of benzene rings is 3. The summed E-state index contributed by atoms with van der Waals surface area (Å²) in [5.41, 5.74) is 3.98. The molecule has 172 valence electrons. The highest BCUT2D eigenvalue weighted by Crippen LogP contribution is 2.21. The zero-order valence-electron chi connectivity index (χ0n) is 19.4. The van der Waals surface area contributed by atoms with Crippen LogP contribution in [0.15, 0.2) is 78.9 Å². The lowest BCUT2D eigenvalue weighted by Gasteiger charge is -2.36. The molecule has 3 aromatic rings. The van der Waals surface area contributed by atoms with E-state index in [2.05, 4.69) is 64.5 Å². The number of amides is 1. The average molecular weight is 444 g/mol. The molecule has 0 saturated carbocycles. The normalized spacial score (nSPS) is 14.2. The molecular formula is C28H33N3O2. The highest BCUT2D eigenvalue weighted by molar-refractivity contribution is 6.04. The topological polar surface area (TPSA) is 44.8 Å². The highest BCUT2D eigenvalue weighted by atomic mass is 16.5. The lowest BCUT2D eigenvalue weighted by molar-refractivity contribution is 0.102. The van der Waals surface area contributed by atoms with Gasteiger partial charge in [-0.05, 0) is 60.5 Å². The maximum atomic E-state index is 12.6. The number of unbranched alkanes of at least 4 members (excludes halogenated alkanes) is 1. The number of piperazine rings is 1. The molecule has 1 aliphatic rings. The predicted molar refractivity (Wildman–Crippen MR) is 135 cm³/mol. The fourth-order valence-corrected chi connectivity index (χ4v) is 4.00. The summed E-state index contributed by atoms with van der Waals surface area (Å²) in [6.45, 7) is 7.95. The summed E-state index contributed by atoms with van der Waals surface area (Å²) >= 11 is 0. The van der Waals surface area contributed by atoms with Crippen molar-refractivity contribution in [1.82, 2.24) is 4.90 Å². The van der Waals surface area contributed by atoms with Crippen LogP contribution in [0.1, 0.15) is 35.7 Å². The molecule has 1 amide bonds. The van der Waals surface area contributed by atoms with E-state index in [1.807, 2.05) is 24.3 Å². The summed E-state index contributed by atoms with van der Waals surface area (Å²) in [6.07, 6.45) is 2.13. The fraction of sp³-hybridized carbons (Fsp3) is 0.321. The number of carbonyl (C=O) groups is 1. The number of nitrogens with zero attached hydrogens (tertiary/aromatic N) is 2. The minimum Gasteiger partial charge on any atom is -0.494 e. The first-order valence-corrected chi connectivity index (χ1v) is 11.9. The van der Waals surface area contributed by atoms with Crippen LogP contribution in [0.2, 0.25) is 0 Å². The summed E-state index contributed by atoms with van der Waals surface area (Å²) in [5, 5.41) is 2.99. The Bertz CT molecular complexity index is 996. The SMILES string of the molecule is CCCCOc1ccc(C(=O)Nc2ccc(N3CCN(Cc4ccccc4)CC3)cc2)cc1. The van der Waals surface area contributed by atoms with E-state index in [1.165, 1.54) is 11.3 Å². The van der Waals surface area contributed by atoms with Crippen molar-refractivity contribution in [2.24, 2.45) is 0 Å². The Kier molecular flexibility index (Phi) is 7.99. The number of hydrogen-bond acceptors (Lipinski definition) is 4. The zero-order chi connectivity index (χ0) is 22.9. The molecule has 3 aromatic carbocycles. The molecule has 1 heterocycles. The van der Waals surface area contributed by atoms with Crippen molar-refractivity contribution in [2.75, 3.05) is 43.0 Å². The van der Waals surface area contributed by atoms with E-state index in [-0.39, 0.29) is 5.91 Å². The van der Waals surface area contributed by atoms with Gasteiger partial charge >= 0.3 is 0 Å². The number of anilines is 2. The Labute approximate surface area is 197 Å². The molecule has 0 aliphatic carbocycles. The molecule has 5 nitrogen and oxygen atoms in total. The molecule has 1 aliphatic heterocycles. The maximum absolute atomic E-state index is 12.6. The molecule has 4 rings (SSSR count). The van der Waals surface area contributed by atoms with Crippen LogP contribution in [-0.4, -0.2) is 43.6 Å². The quantitative estimate of drug-likeness (QED) is 0.447. The lowest BCUT2D eigenvalue weighted by Crippen LogP contribution is -2.45. The van der Waals surface area contributed by atoms with Gasteiger partial charge in [-0.3, -0.25) is 9.69 Å². The van der Waals surface area contributed by atoms with E-state index < -0.39 is 0 Å². The van der Waals surface area contributed by atoms with Gasteiger partial charge in [0.05, 0.1) is 6.61 Å². The van der Waals surface area contributed by atoms with Crippen molar-refractivity contribution in [2.45, 2.75) is 26.3 Å². The molecule has 1 saturated heterocycles. The summed E-state index contributed by atoms with van der Waals surface area (Å²) in [4.78, 5) is 17.5. The largest absolute Gasteiger partial charge is 0.494 e. The van der Waals surface area contributed by atoms with Crippen molar-refractivity contribution in [3.63, 3.8) is 0 Å². The smallest absolute Gasteiger partial charge is 0.255 e. The molecule has 0 bridgehead atoms. The standard InChI is InChI=1S/C28H33N3O2/c1-2-3-21-33-27-15-9-24(10-16-27)28(32)29-25-11-13-26(14-12-25)31-19-17-30(18-20-31)22-23-7-5-4-6-8-23/h4-16H,2-3,17-22H2,1H3,(H,29,32). The molecule has 0 aromatic heterocycles. The molecule has 0 radical (unpaired) electrons. The van der Waals surface area contributed by atoms with Gasteiger partial charge in [0, 0.05) is 49.7 Å². The zero-order valence-corrected chi connectivity index (χ0v) is 19.4. The number of nitrogens with one attached hydrogen (secondary N) is 1. The Balaban J connectivity index is 1.26. The first kappa shape index (κ1) is 22.9. The van der Waals surface area contributed by atoms with Crippen molar-refractivity contribution in [1.29, 1.82) is 0 Å². The monoisotopic (exact) mass is 443 g/mol. The van der Waals surface area contributed by atoms with Crippen molar-refractivity contribution in [3.05, 3.63) is 90.0 Å². The van der Waals surface area contributed by atoms with Gasteiger partial charge in [-0.15, -0.1) is 0 Å². The van der Waals surface area contributed by atoms with Crippen LogP contribution >= 0.6 is 0 Å². The maximum Gasteiger partial charge on any atom is 0.255 e. The third-order valence-electron chi connectivity index (χ3n) is 5.99. The van der Waals surface area contributed by atoms with E-state index in [9.17, 15) is 4.79 Å². The van der Waals surface area contributed by atoms with Gasteiger partial charge in [0.2, 0.25) is 0 Å². The minimum absolute atomic E-state index is 0.114. The van der Waals surface area contributed by atoms with E-state index in [0.717, 1.165) is 57.0 Å². The molecule has 33 heavy (non-hydrogen) atoms. The van der Waals surface area contributed by atoms with E-state index in [4.69, 9.17) is 4.74 Å². The van der Waals surface area contributed by atoms with Crippen LogP contribution in [-0.2, 0) is 6.54 Å². The Morgan fingerprint density at radius 2 is 1.58 bits per heavy atom. The van der Waals surface area contributed by atoms with E-state index in [1.54, 1.807) is 12.1 Å². The summed E-state index contributed by atoms with van der Waals surface area (Å²) in [7, 11) is 0. The number of rotatable bonds is 9. The molecule has 1 N–H and O–H groups in total. The van der Waals surface area contributed by atoms with Gasteiger partial charge in [0.1, 0.15) is 5.75 Å². The van der Waals surface area contributed by atoms with E-state index >= 15 is 0 Å². The van der Waals surface area contributed by atoms with Crippen molar-refractivity contribution >= 4 is 17.3 Å². The second-order valence-corrected chi connectivity index (χ2v) is 8.48. The van der Waals surface area contributed by atoms with Crippen molar-refractivity contribution < 1.29 is 9.53 Å². The third kappa shape index (κ3) is 6.59. The van der Waals surface area contributed by atoms with E-state index in [0.29, 0.717) is 12.2 Å². The highest BCUT2D eigenvalue weighted by Gasteiger charge is 2.17. The predicted octanol–water partition coefficient (Wildman–Crippen LogP) is 5.44. The molecule has 5 heteroatoms. The number of ether oxygens (including phenoxy) is 1. The van der Waals surface area contributed by atoms with Gasteiger partial charge in [-0.1, -0.05) is 43.7 Å². The summed E-state index contributed by atoms with van der Waals surface area (Å²) in [5.74, 6) is 0.686. The van der Waals surface area contributed by atoms with Gasteiger partial charge < -0.3 is 15.0 Å². The summed E-state index contributed by atoms with van der Waals surface area (Å²) in [6, 6.07) is 26.1. The Morgan fingerprint density at radius 1 is 0.879 bits per heavy atom. The lowest BCUT2D eigenvalue weighted by atomic mass is 10.1. The minimum atomic E-state index is -0.114. The Morgan fingerprint density at radius 3 is 2.24 bits per heavy atom. The third-order valence-corrected chi connectivity index (χ3v) is 5.99. The van der Waals surface area contributed by atoms with Crippen LogP contribution < -0.4 is 15.0 Å². The number of hydrogen-bond donors (Lipinski definition) is 1. The van der Waals surface area contributed by atoms with Crippen LogP contribution in [0.5, 0.6) is 5.75 Å². The molecule has 0 spiro atoms. The first-order chi connectivity index (χ1) is 16.2. The summed E-state index contributed by atoms with van der Waals surface area (Å²) < 4.78 is 5.67. The van der Waals surface area contributed by atoms with Gasteiger partial charge in [-0.25, -0.2) is 0 Å². The van der Waals surface area contributed by atoms with Crippen molar-refractivity contribution in [3.8, 4) is 5.75 Å². The second kappa shape index (κ2) is 11.5. The van der Waals surface area contributed by atoms with Crippen LogP contribution in [0.4, 0.5) is 11.4 Å². The van der Waals surface area contributed by atoms with Crippen LogP contribution in [0.3, 0.4) is 0 Å². The van der Waals surface area contributed by atoms with Gasteiger partial charge in [0.15, 0.2) is 0 Å². The molecular weight excluding hydrogens is 410 g/mol. The Hall–Kier alpha value is -3.31. The number of carbonyl (C=O) groups excluding carboxylic acids is 1. The average Bonchev–Trinajstić information content (AvgIpc) is 2.86. The van der Waals surface area contributed by atoms with Crippen LogP contribution in [0, 0.1) is 0 Å². The van der Waals surface area contributed by atoms with Gasteiger partial charge in [-0.2, -0.15) is 0 Å². The fourth-order valence-electron chi connectivity index (χ4n) is 4.00.